The Hall–Kier alpha value is -2.90. The highest BCUT2D eigenvalue weighted by molar-refractivity contribution is 5.78. The Morgan fingerprint density at radius 2 is 1.48 bits per heavy atom. The Morgan fingerprint density at radius 3 is 2.23 bits per heavy atom. The van der Waals surface area contributed by atoms with Gasteiger partial charge in [0.2, 0.25) is 5.91 Å². The number of carbonyl (C=O) groups is 1. The Labute approximate surface area is 183 Å². The lowest BCUT2D eigenvalue weighted by molar-refractivity contribution is -0.133. The van der Waals surface area contributed by atoms with Crippen LogP contribution >= 0.6 is 0 Å². The number of amides is 1. The van der Waals surface area contributed by atoms with Crippen molar-refractivity contribution < 1.29 is 4.79 Å². The van der Waals surface area contributed by atoms with E-state index in [2.05, 4.69) is 55.0 Å². The predicted molar refractivity (Wildman–Crippen MR) is 123 cm³/mol. The SMILES string of the molecule is O=C(CN1CCN(Cc2nc3ccccc3[nH]2)CC1)N1CCN(c2ccccc2)CC1. The van der Waals surface area contributed by atoms with Crippen LogP contribution in [0.25, 0.3) is 11.0 Å². The third-order valence-electron chi connectivity index (χ3n) is 6.39. The van der Waals surface area contributed by atoms with Gasteiger partial charge in [-0.2, -0.15) is 0 Å². The van der Waals surface area contributed by atoms with E-state index in [-0.39, 0.29) is 5.91 Å². The molecule has 2 fully saturated rings. The number of para-hydroxylation sites is 3. The number of nitrogens with one attached hydrogen (secondary N) is 1. The molecule has 5 rings (SSSR count). The van der Waals surface area contributed by atoms with Crippen LogP contribution in [0.2, 0.25) is 0 Å². The van der Waals surface area contributed by atoms with E-state index in [1.807, 2.05) is 29.2 Å². The van der Waals surface area contributed by atoms with Crippen LogP contribution in [-0.4, -0.2) is 89.5 Å². The number of aromatic amines is 1. The molecule has 0 atom stereocenters. The minimum Gasteiger partial charge on any atom is -0.368 e. The van der Waals surface area contributed by atoms with E-state index in [9.17, 15) is 4.79 Å². The second kappa shape index (κ2) is 9.08. The molecule has 2 aliphatic rings. The molecule has 3 heterocycles. The molecular formula is C24H30N6O. The summed E-state index contributed by atoms with van der Waals surface area (Å²) in [6.07, 6.45) is 0. The summed E-state index contributed by atoms with van der Waals surface area (Å²) in [7, 11) is 0. The molecular weight excluding hydrogens is 388 g/mol. The van der Waals surface area contributed by atoms with Crippen LogP contribution in [-0.2, 0) is 11.3 Å². The molecule has 7 heteroatoms. The predicted octanol–water partition coefficient (Wildman–Crippen LogP) is 2.03. The summed E-state index contributed by atoms with van der Waals surface area (Å²) in [6.45, 7) is 8.56. The monoisotopic (exact) mass is 418 g/mol. The van der Waals surface area contributed by atoms with Crippen LogP contribution in [0.5, 0.6) is 0 Å². The maximum absolute atomic E-state index is 12.8. The van der Waals surface area contributed by atoms with Crippen LogP contribution in [0.15, 0.2) is 54.6 Å². The normalized spacial score (nSPS) is 18.6. The summed E-state index contributed by atoms with van der Waals surface area (Å²) in [4.78, 5) is 30.0. The number of H-pyrrole nitrogens is 1. The largest absolute Gasteiger partial charge is 0.368 e. The second-order valence-corrected chi connectivity index (χ2v) is 8.46. The van der Waals surface area contributed by atoms with Gasteiger partial charge in [0.25, 0.3) is 0 Å². The van der Waals surface area contributed by atoms with E-state index in [4.69, 9.17) is 0 Å². The quantitative estimate of drug-likeness (QED) is 0.687. The molecule has 1 N–H and O–H groups in total. The van der Waals surface area contributed by atoms with Gasteiger partial charge in [0.15, 0.2) is 0 Å². The summed E-state index contributed by atoms with van der Waals surface area (Å²) >= 11 is 0. The van der Waals surface area contributed by atoms with Crippen molar-refractivity contribution in [3.8, 4) is 0 Å². The van der Waals surface area contributed by atoms with Gasteiger partial charge in [0.1, 0.15) is 5.82 Å². The molecule has 1 amide bonds. The lowest BCUT2D eigenvalue weighted by atomic mass is 10.2. The maximum atomic E-state index is 12.8. The van der Waals surface area contributed by atoms with E-state index >= 15 is 0 Å². The topological polar surface area (TPSA) is 58.7 Å². The average Bonchev–Trinajstić information content (AvgIpc) is 3.23. The minimum atomic E-state index is 0.262. The smallest absolute Gasteiger partial charge is 0.236 e. The number of hydrogen-bond acceptors (Lipinski definition) is 5. The van der Waals surface area contributed by atoms with Crippen LogP contribution in [0, 0.1) is 0 Å². The molecule has 1 aromatic heterocycles. The van der Waals surface area contributed by atoms with Gasteiger partial charge in [0, 0.05) is 58.0 Å². The van der Waals surface area contributed by atoms with Gasteiger partial charge < -0.3 is 14.8 Å². The second-order valence-electron chi connectivity index (χ2n) is 8.46. The fourth-order valence-corrected chi connectivity index (χ4v) is 4.54. The fourth-order valence-electron chi connectivity index (χ4n) is 4.54. The number of anilines is 1. The van der Waals surface area contributed by atoms with Gasteiger partial charge in [-0.1, -0.05) is 30.3 Å². The number of hydrogen-bond donors (Lipinski definition) is 1. The van der Waals surface area contributed by atoms with E-state index in [1.165, 1.54) is 5.69 Å². The zero-order valence-electron chi connectivity index (χ0n) is 17.9. The van der Waals surface area contributed by atoms with E-state index in [0.717, 1.165) is 75.8 Å². The number of nitrogens with zero attached hydrogens (tertiary/aromatic N) is 5. The van der Waals surface area contributed by atoms with Gasteiger partial charge in [-0.15, -0.1) is 0 Å². The maximum Gasteiger partial charge on any atom is 0.236 e. The third kappa shape index (κ3) is 4.73. The van der Waals surface area contributed by atoms with Crippen molar-refractivity contribution in [2.75, 3.05) is 63.8 Å². The van der Waals surface area contributed by atoms with Crippen molar-refractivity contribution in [1.82, 2.24) is 24.7 Å². The van der Waals surface area contributed by atoms with Gasteiger partial charge >= 0.3 is 0 Å². The first-order valence-electron chi connectivity index (χ1n) is 11.2. The summed E-state index contributed by atoms with van der Waals surface area (Å²) in [5.41, 5.74) is 3.36. The highest BCUT2D eigenvalue weighted by atomic mass is 16.2. The first kappa shape index (κ1) is 20.0. The number of carbonyl (C=O) groups excluding carboxylic acids is 1. The average molecular weight is 419 g/mol. The molecule has 0 radical (unpaired) electrons. The van der Waals surface area contributed by atoms with Crippen molar-refractivity contribution in [3.63, 3.8) is 0 Å². The zero-order chi connectivity index (χ0) is 21.0. The third-order valence-corrected chi connectivity index (χ3v) is 6.39. The molecule has 7 nitrogen and oxygen atoms in total. The molecule has 2 aliphatic heterocycles. The zero-order valence-corrected chi connectivity index (χ0v) is 17.9. The number of benzene rings is 2. The van der Waals surface area contributed by atoms with Crippen molar-refractivity contribution in [1.29, 1.82) is 0 Å². The number of rotatable bonds is 5. The lowest BCUT2D eigenvalue weighted by Gasteiger charge is -2.38. The highest BCUT2D eigenvalue weighted by Gasteiger charge is 2.25. The molecule has 0 aliphatic carbocycles. The van der Waals surface area contributed by atoms with Crippen molar-refractivity contribution >= 4 is 22.6 Å². The lowest BCUT2D eigenvalue weighted by Crippen LogP contribution is -2.53. The summed E-state index contributed by atoms with van der Waals surface area (Å²) in [6, 6.07) is 18.6. The first-order chi connectivity index (χ1) is 15.2. The molecule has 31 heavy (non-hydrogen) atoms. The van der Waals surface area contributed by atoms with Crippen LogP contribution in [0.4, 0.5) is 5.69 Å². The van der Waals surface area contributed by atoms with Gasteiger partial charge in [-0.3, -0.25) is 14.6 Å². The van der Waals surface area contributed by atoms with Crippen molar-refractivity contribution in [2.45, 2.75) is 6.54 Å². The van der Waals surface area contributed by atoms with Gasteiger partial charge in [-0.25, -0.2) is 4.98 Å². The van der Waals surface area contributed by atoms with Crippen molar-refractivity contribution in [3.05, 3.63) is 60.4 Å². The van der Waals surface area contributed by atoms with Gasteiger partial charge in [-0.05, 0) is 24.3 Å². The summed E-state index contributed by atoms with van der Waals surface area (Å²) in [5.74, 6) is 1.28. The molecule has 0 saturated carbocycles. The Morgan fingerprint density at radius 1 is 0.806 bits per heavy atom. The number of aromatic nitrogens is 2. The van der Waals surface area contributed by atoms with E-state index in [1.54, 1.807) is 0 Å². The van der Waals surface area contributed by atoms with Crippen LogP contribution < -0.4 is 4.90 Å². The molecule has 0 unspecified atom stereocenters. The highest BCUT2D eigenvalue weighted by Crippen LogP contribution is 2.16. The number of imidazole rings is 1. The van der Waals surface area contributed by atoms with Crippen molar-refractivity contribution in [2.24, 2.45) is 0 Å². The molecule has 3 aromatic rings. The molecule has 2 saturated heterocycles. The van der Waals surface area contributed by atoms with E-state index < -0.39 is 0 Å². The Balaban J connectivity index is 1.06. The Kier molecular flexibility index (Phi) is 5.86. The number of fused-ring (bicyclic) bond motifs is 1. The number of piperazine rings is 2. The molecule has 2 aromatic carbocycles. The van der Waals surface area contributed by atoms with Crippen LogP contribution in [0.1, 0.15) is 5.82 Å². The fraction of sp³-hybridized carbons (Fsp3) is 0.417. The molecule has 162 valence electrons. The first-order valence-corrected chi connectivity index (χ1v) is 11.2. The summed E-state index contributed by atoms with van der Waals surface area (Å²) in [5, 5.41) is 0. The minimum absolute atomic E-state index is 0.262. The summed E-state index contributed by atoms with van der Waals surface area (Å²) < 4.78 is 0. The molecule has 0 bridgehead atoms. The van der Waals surface area contributed by atoms with E-state index in [0.29, 0.717) is 6.54 Å². The van der Waals surface area contributed by atoms with Gasteiger partial charge in [0.05, 0.1) is 24.1 Å². The molecule has 0 spiro atoms. The Bertz CT molecular complexity index is 970. The van der Waals surface area contributed by atoms with Crippen LogP contribution in [0.3, 0.4) is 0 Å². The standard InChI is InChI=1S/C24H30N6O/c31-24(30-16-14-29(15-17-30)20-6-2-1-3-7-20)19-28-12-10-27(11-13-28)18-23-25-21-8-4-5-9-22(21)26-23/h1-9H,10-19H2,(H,25,26).